The third-order valence-electron chi connectivity index (χ3n) is 4.09. The van der Waals surface area contributed by atoms with Gasteiger partial charge in [-0.15, -0.1) is 0 Å². The number of carbonyl (C=O) groups excluding carboxylic acids is 2. The van der Waals surface area contributed by atoms with Gasteiger partial charge >= 0.3 is 6.03 Å². The summed E-state index contributed by atoms with van der Waals surface area (Å²) in [6, 6.07) is 3.88. The fourth-order valence-corrected chi connectivity index (χ4v) is 2.80. The van der Waals surface area contributed by atoms with E-state index in [0.717, 1.165) is 30.8 Å². The van der Waals surface area contributed by atoms with Crippen LogP contribution in [0.4, 0.5) is 10.6 Å². The Bertz CT molecular complexity index is 576. The highest BCUT2D eigenvalue weighted by atomic mass is 16.2. The van der Waals surface area contributed by atoms with E-state index in [1.54, 1.807) is 30.1 Å². The van der Waals surface area contributed by atoms with Crippen LogP contribution in [0.5, 0.6) is 0 Å². The maximum atomic E-state index is 12.3. The normalized spacial score (nSPS) is 17.3. The highest BCUT2D eigenvalue weighted by Gasteiger charge is 2.28. The molecule has 2 N–H and O–H groups in total. The summed E-state index contributed by atoms with van der Waals surface area (Å²) in [5.74, 6) is 0.703. The van der Waals surface area contributed by atoms with Crippen molar-refractivity contribution in [3.05, 3.63) is 23.9 Å². The standard InChI is InChI=1S/C17H27N5O2/c1-13-6-7-18-15(11-13)19-8-9-20-16(23)14-5-4-10-22(12-14)17(24)21(2)3/h6-7,11,14H,4-5,8-10,12H2,1-3H3,(H,18,19)(H,20,23)/t14-/m1/s1. The summed E-state index contributed by atoms with van der Waals surface area (Å²) in [5, 5.41) is 6.13. The number of urea groups is 1. The summed E-state index contributed by atoms with van der Waals surface area (Å²) in [4.78, 5) is 31.8. The van der Waals surface area contributed by atoms with Gasteiger partial charge in [0.15, 0.2) is 0 Å². The van der Waals surface area contributed by atoms with E-state index in [1.807, 2.05) is 19.1 Å². The van der Waals surface area contributed by atoms with Crippen LogP contribution in [-0.2, 0) is 4.79 Å². The van der Waals surface area contributed by atoms with Gasteiger partial charge in [-0.2, -0.15) is 0 Å². The summed E-state index contributed by atoms with van der Waals surface area (Å²) in [6.45, 7) is 4.39. The van der Waals surface area contributed by atoms with Crippen molar-refractivity contribution in [1.82, 2.24) is 20.1 Å². The van der Waals surface area contributed by atoms with E-state index in [-0.39, 0.29) is 17.9 Å². The first-order valence-corrected chi connectivity index (χ1v) is 8.38. The van der Waals surface area contributed by atoms with Gasteiger partial charge in [-0.25, -0.2) is 9.78 Å². The predicted octanol–water partition coefficient (Wildman–Crippen LogP) is 1.31. The quantitative estimate of drug-likeness (QED) is 0.797. The van der Waals surface area contributed by atoms with Crippen LogP contribution >= 0.6 is 0 Å². The first-order valence-electron chi connectivity index (χ1n) is 8.38. The Hall–Kier alpha value is -2.31. The Kier molecular flexibility index (Phi) is 6.40. The molecule has 0 saturated carbocycles. The van der Waals surface area contributed by atoms with Crippen molar-refractivity contribution >= 4 is 17.8 Å². The van der Waals surface area contributed by atoms with Crippen LogP contribution in [0.2, 0.25) is 0 Å². The van der Waals surface area contributed by atoms with Crippen LogP contribution in [-0.4, -0.2) is 67.0 Å². The molecule has 2 rings (SSSR count). The molecule has 1 aliphatic heterocycles. The van der Waals surface area contributed by atoms with Gasteiger partial charge in [0.2, 0.25) is 5.91 Å². The topological polar surface area (TPSA) is 77.6 Å². The second kappa shape index (κ2) is 8.52. The summed E-state index contributed by atoms with van der Waals surface area (Å²) >= 11 is 0. The first-order chi connectivity index (χ1) is 11.5. The number of likely N-dealkylation sites (tertiary alicyclic amines) is 1. The van der Waals surface area contributed by atoms with E-state index in [2.05, 4.69) is 15.6 Å². The largest absolute Gasteiger partial charge is 0.368 e. The number of nitrogens with one attached hydrogen (secondary N) is 2. The lowest BCUT2D eigenvalue weighted by Gasteiger charge is -2.33. The van der Waals surface area contributed by atoms with Crippen LogP contribution < -0.4 is 10.6 Å². The molecule has 2 heterocycles. The Morgan fingerprint density at radius 2 is 2.17 bits per heavy atom. The summed E-state index contributed by atoms with van der Waals surface area (Å²) < 4.78 is 0. The third-order valence-corrected chi connectivity index (χ3v) is 4.09. The fourth-order valence-electron chi connectivity index (χ4n) is 2.80. The summed E-state index contributed by atoms with van der Waals surface area (Å²) in [6.07, 6.45) is 3.45. The molecule has 0 bridgehead atoms. The molecule has 132 valence electrons. The molecule has 7 nitrogen and oxygen atoms in total. The molecule has 1 aliphatic rings. The van der Waals surface area contributed by atoms with Crippen molar-refractivity contribution in [1.29, 1.82) is 0 Å². The van der Waals surface area contributed by atoms with E-state index in [4.69, 9.17) is 0 Å². The zero-order valence-electron chi connectivity index (χ0n) is 14.7. The summed E-state index contributed by atoms with van der Waals surface area (Å²) in [5.41, 5.74) is 1.14. The van der Waals surface area contributed by atoms with Crippen molar-refractivity contribution in [2.75, 3.05) is 45.6 Å². The molecule has 7 heteroatoms. The number of hydrogen-bond donors (Lipinski definition) is 2. The fraction of sp³-hybridized carbons (Fsp3) is 0.588. The SMILES string of the molecule is Cc1ccnc(NCCNC(=O)[C@@H]2CCCN(C(=O)N(C)C)C2)c1. The number of aromatic nitrogens is 1. The van der Waals surface area contributed by atoms with E-state index in [0.29, 0.717) is 19.6 Å². The number of nitrogens with zero attached hydrogens (tertiary/aromatic N) is 3. The van der Waals surface area contributed by atoms with Crippen LogP contribution in [0.1, 0.15) is 18.4 Å². The first kappa shape index (κ1) is 18.0. The van der Waals surface area contributed by atoms with Crippen molar-refractivity contribution < 1.29 is 9.59 Å². The van der Waals surface area contributed by atoms with Gasteiger partial charge < -0.3 is 20.4 Å². The number of hydrogen-bond acceptors (Lipinski definition) is 4. The summed E-state index contributed by atoms with van der Waals surface area (Å²) in [7, 11) is 3.47. The molecule has 1 aromatic heterocycles. The molecular formula is C17H27N5O2. The van der Waals surface area contributed by atoms with Crippen LogP contribution in [0.15, 0.2) is 18.3 Å². The zero-order chi connectivity index (χ0) is 17.5. The molecule has 1 atom stereocenters. The molecule has 0 aliphatic carbocycles. The van der Waals surface area contributed by atoms with Gasteiger partial charge in [0.25, 0.3) is 0 Å². The monoisotopic (exact) mass is 333 g/mol. The molecular weight excluding hydrogens is 306 g/mol. The van der Waals surface area contributed by atoms with E-state index in [1.165, 1.54) is 0 Å². The molecule has 0 spiro atoms. The molecule has 1 saturated heterocycles. The number of aryl methyl sites for hydroxylation is 1. The van der Waals surface area contributed by atoms with E-state index < -0.39 is 0 Å². The van der Waals surface area contributed by atoms with Gasteiger partial charge in [0, 0.05) is 46.5 Å². The van der Waals surface area contributed by atoms with Gasteiger partial charge in [0.05, 0.1) is 5.92 Å². The molecule has 1 fully saturated rings. The number of amides is 3. The average Bonchev–Trinajstić information content (AvgIpc) is 2.58. The minimum atomic E-state index is -0.125. The average molecular weight is 333 g/mol. The molecule has 24 heavy (non-hydrogen) atoms. The number of pyridine rings is 1. The second-order valence-electron chi connectivity index (χ2n) is 6.40. The Balaban J connectivity index is 1.73. The van der Waals surface area contributed by atoms with Gasteiger partial charge in [0.1, 0.15) is 5.82 Å². The van der Waals surface area contributed by atoms with E-state index in [9.17, 15) is 9.59 Å². The number of carbonyl (C=O) groups is 2. The molecule has 0 aromatic carbocycles. The Morgan fingerprint density at radius 1 is 1.38 bits per heavy atom. The maximum Gasteiger partial charge on any atom is 0.319 e. The van der Waals surface area contributed by atoms with E-state index >= 15 is 0 Å². The smallest absolute Gasteiger partial charge is 0.319 e. The van der Waals surface area contributed by atoms with Crippen molar-refractivity contribution in [3.63, 3.8) is 0 Å². The maximum absolute atomic E-state index is 12.3. The Morgan fingerprint density at radius 3 is 2.88 bits per heavy atom. The Labute approximate surface area is 143 Å². The van der Waals surface area contributed by atoms with Crippen molar-refractivity contribution in [3.8, 4) is 0 Å². The lowest BCUT2D eigenvalue weighted by Crippen LogP contribution is -2.48. The lowest BCUT2D eigenvalue weighted by molar-refractivity contribution is -0.126. The minimum Gasteiger partial charge on any atom is -0.368 e. The van der Waals surface area contributed by atoms with Gasteiger partial charge in [-0.3, -0.25) is 4.79 Å². The third kappa shape index (κ3) is 5.11. The molecule has 0 radical (unpaired) electrons. The van der Waals surface area contributed by atoms with Crippen LogP contribution in [0, 0.1) is 12.8 Å². The van der Waals surface area contributed by atoms with Crippen molar-refractivity contribution in [2.45, 2.75) is 19.8 Å². The molecule has 3 amide bonds. The number of anilines is 1. The van der Waals surface area contributed by atoms with Crippen molar-refractivity contribution in [2.24, 2.45) is 5.92 Å². The second-order valence-corrected chi connectivity index (χ2v) is 6.40. The predicted molar refractivity (Wildman–Crippen MR) is 93.9 cm³/mol. The zero-order valence-corrected chi connectivity index (χ0v) is 14.7. The van der Waals surface area contributed by atoms with Crippen LogP contribution in [0.25, 0.3) is 0 Å². The van der Waals surface area contributed by atoms with Gasteiger partial charge in [-0.05, 0) is 37.5 Å². The van der Waals surface area contributed by atoms with Gasteiger partial charge in [-0.1, -0.05) is 0 Å². The lowest BCUT2D eigenvalue weighted by atomic mass is 9.97. The molecule has 1 aromatic rings. The minimum absolute atomic E-state index is 0.0188. The number of rotatable bonds is 5. The highest BCUT2D eigenvalue weighted by molar-refractivity contribution is 5.80. The van der Waals surface area contributed by atoms with Crippen LogP contribution in [0.3, 0.4) is 0 Å². The molecule has 0 unspecified atom stereocenters. The number of piperidine rings is 1. The highest BCUT2D eigenvalue weighted by Crippen LogP contribution is 2.17.